The standard InChI is InChI=1S/C13H24N2O2S/c1-13(2)12(17)15(10-11(16)14-13)8-6-4-5-7-9-18-3/h4-10H2,1-3H3,(H,14,16). The van der Waals surface area contributed by atoms with Gasteiger partial charge in [0.1, 0.15) is 5.54 Å². The Morgan fingerprint density at radius 2 is 1.89 bits per heavy atom. The summed E-state index contributed by atoms with van der Waals surface area (Å²) in [6.07, 6.45) is 6.68. The van der Waals surface area contributed by atoms with Crippen molar-refractivity contribution in [1.82, 2.24) is 10.2 Å². The minimum Gasteiger partial charge on any atom is -0.341 e. The Kier molecular flexibility index (Phi) is 5.99. The Balaban J connectivity index is 2.28. The van der Waals surface area contributed by atoms with E-state index >= 15 is 0 Å². The highest BCUT2D eigenvalue weighted by molar-refractivity contribution is 7.98. The van der Waals surface area contributed by atoms with Gasteiger partial charge in [-0.2, -0.15) is 11.8 Å². The Hall–Kier alpha value is -0.710. The van der Waals surface area contributed by atoms with Crippen LogP contribution in [-0.2, 0) is 9.59 Å². The van der Waals surface area contributed by atoms with Crippen LogP contribution in [0.5, 0.6) is 0 Å². The number of unbranched alkanes of at least 4 members (excludes halogenated alkanes) is 3. The molecule has 0 aliphatic carbocycles. The number of piperazine rings is 1. The fourth-order valence-corrected chi connectivity index (χ4v) is 2.66. The summed E-state index contributed by atoms with van der Waals surface area (Å²) in [5, 5.41) is 2.72. The lowest BCUT2D eigenvalue weighted by Gasteiger charge is -2.37. The zero-order valence-corrected chi connectivity index (χ0v) is 12.4. The van der Waals surface area contributed by atoms with E-state index in [0.717, 1.165) is 12.8 Å². The average molecular weight is 272 g/mol. The predicted octanol–water partition coefficient (Wildman–Crippen LogP) is 1.65. The fraction of sp³-hybridized carbons (Fsp3) is 0.846. The number of amides is 2. The molecular weight excluding hydrogens is 248 g/mol. The van der Waals surface area contributed by atoms with Crippen LogP contribution in [0.2, 0.25) is 0 Å². The van der Waals surface area contributed by atoms with Crippen molar-refractivity contribution in [2.75, 3.05) is 25.1 Å². The van der Waals surface area contributed by atoms with E-state index in [1.165, 1.54) is 18.6 Å². The molecule has 0 radical (unpaired) electrons. The molecule has 0 aromatic carbocycles. The molecule has 0 aromatic heterocycles. The second kappa shape index (κ2) is 7.02. The zero-order valence-electron chi connectivity index (χ0n) is 11.6. The van der Waals surface area contributed by atoms with Gasteiger partial charge >= 0.3 is 0 Å². The number of thioether (sulfide) groups is 1. The predicted molar refractivity (Wildman–Crippen MR) is 75.7 cm³/mol. The molecule has 1 heterocycles. The van der Waals surface area contributed by atoms with Crippen molar-refractivity contribution in [2.24, 2.45) is 0 Å². The summed E-state index contributed by atoms with van der Waals surface area (Å²) in [6.45, 7) is 4.44. The van der Waals surface area contributed by atoms with E-state index in [0.29, 0.717) is 6.54 Å². The number of nitrogens with one attached hydrogen (secondary N) is 1. The van der Waals surface area contributed by atoms with Gasteiger partial charge in [0.25, 0.3) is 0 Å². The molecule has 0 saturated carbocycles. The molecule has 18 heavy (non-hydrogen) atoms. The van der Waals surface area contributed by atoms with Crippen molar-refractivity contribution < 1.29 is 9.59 Å². The molecule has 0 atom stereocenters. The maximum atomic E-state index is 12.1. The maximum absolute atomic E-state index is 12.1. The summed E-state index contributed by atoms with van der Waals surface area (Å²) >= 11 is 1.87. The molecule has 1 aliphatic rings. The van der Waals surface area contributed by atoms with Crippen LogP contribution in [0.15, 0.2) is 0 Å². The molecule has 0 unspecified atom stereocenters. The molecule has 1 rings (SSSR count). The van der Waals surface area contributed by atoms with Crippen LogP contribution in [0.4, 0.5) is 0 Å². The van der Waals surface area contributed by atoms with Crippen LogP contribution in [0, 0.1) is 0 Å². The topological polar surface area (TPSA) is 49.4 Å². The van der Waals surface area contributed by atoms with E-state index in [-0.39, 0.29) is 18.4 Å². The van der Waals surface area contributed by atoms with Crippen molar-refractivity contribution in [3.05, 3.63) is 0 Å². The summed E-state index contributed by atoms with van der Waals surface area (Å²) < 4.78 is 0. The van der Waals surface area contributed by atoms with Crippen LogP contribution in [-0.4, -0.2) is 47.4 Å². The number of hydrogen-bond acceptors (Lipinski definition) is 3. The lowest BCUT2D eigenvalue weighted by Crippen LogP contribution is -2.63. The zero-order chi connectivity index (χ0) is 13.6. The van der Waals surface area contributed by atoms with E-state index in [9.17, 15) is 9.59 Å². The highest BCUT2D eigenvalue weighted by Gasteiger charge is 2.38. The van der Waals surface area contributed by atoms with Gasteiger partial charge in [0.15, 0.2) is 0 Å². The molecule has 1 aliphatic heterocycles. The lowest BCUT2D eigenvalue weighted by molar-refractivity contribution is -0.148. The first kappa shape index (κ1) is 15.3. The summed E-state index contributed by atoms with van der Waals surface area (Å²) in [7, 11) is 0. The van der Waals surface area contributed by atoms with Gasteiger partial charge < -0.3 is 10.2 Å². The second-order valence-corrected chi connectivity index (χ2v) is 6.29. The summed E-state index contributed by atoms with van der Waals surface area (Å²) in [4.78, 5) is 25.3. The first-order chi connectivity index (χ1) is 8.47. The van der Waals surface area contributed by atoms with E-state index < -0.39 is 5.54 Å². The quantitative estimate of drug-likeness (QED) is 0.717. The average Bonchev–Trinajstić information content (AvgIpc) is 2.29. The van der Waals surface area contributed by atoms with E-state index in [2.05, 4.69) is 11.6 Å². The van der Waals surface area contributed by atoms with Crippen LogP contribution in [0.3, 0.4) is 0 Å². The molecule has 1 fully saturated rings. The number of rotatable bonds is 7. The highest BCUT2D eigenvalue weighted by Crippen LogP contribution is 2.14. The van der Waals surface area contributed by atoms with Crippen molar-refractivity contribution in [3.63, 3.8) is 0 Å². The molecule has 0 spiro atoms. The van der Waals surface area contributed by atoms with Gasteiger partial charge in [0, 0.05) is 6.54 Å². The lowest BCUT2D eigenvalue weighted by atomic mass is 10.00. The second-order valence-electron chi connectivity index (χ2n) is 5.31. The van der Waals surface area contributed by atoms with E-state index in [1.807, 2.05) is 11.8 Å². The van der Waals surface area contributed by atoms with Crippen LogP contribution >= 0.6 is 11.8 Å². The van der Waals surface area contributed by atoms with Crippen molar-refractivity contribution >= 4 is 23.6 Å². The summed E-state index contributed by atoms with van der Waals surface area (Å²) in [6, 6.07) is 0. The Morgan fingerprint density at radius 3 is 2.56 bits per heavy atom. The third-order valence-corrected chi connectivity index (χ3v) is 3.83. The molecule has 1 N–H and O–H groups in total. The summed E-state index contributed by atoms with van der Waals surface area (Å²) in [5.41, 5.74) is -0.742. The molecular formula is C13H24N2O2S. The van der Waals surface area contributed by atoms with Crippen LogP contribution < -0.4 is 5.32 Å². The van der Waals surface area contributed by atoms with Crippen molar-refractivity contribution in [3.8, 4) is 0 Å². The Morgan fingerprint density at radius 1 is 1.22 bits per heavy atom. The minimum absolute atomic E-state index is 0.0335. The maximum Gasteiger partial charge on any atom is 0.248 e. The third kappa shape index (κ3) is 4.52. The van der Waals surface area contributed by atoms with Gasteiger partial charge in [-0.1, -0.05) is 12.8 Å². The van der Waals surface area contributed by atoms with Gasteiger partial charge in [-0.15, -0.1) is 0 Å². The normalized spacial score (nSPS) is 18.9. The van der Waals surface area contributed by atoms with Gasteiger partial charge in [0.05, 0.1) is 6.54 Å². The molecule has 2 amide bonds. The van der Waals surface area contributed by atoms with Gasteiger partial charge in [-0.05, 0) is 38.7 Å². The smallest absolute Gasteiger partial charge is 0.248 e. The Labute approximate surface area is 114 Å². The van der Waals surface area contributed by atoms with Gasteiger partial charge in [-0.3, -0.25) is 9.59 Å². The molecule has 4 nitrogen and oxygen atoms in total. The van der Waals surface area contributed by atoms with Crippen molar-refractivity contribution in [2.45, 2.75) is 45.1 Å². The molecule has 1 saturated heterocycles. The number of hydrogen-bond donors (Lipinski definition) is 1. The molecule has 5 heteroatoms. The molecule has 0 aromatic rings. The summed E-state index contributed by atoms with van der Waals surface area (Å²) in [5.74, 6) is 1.19. The Bertz CT molecular complexity index is 305. The minimum atomic E-state index is -0.742. The van der Waals surface area contributed by atoms with Crippen LogP contribution in [0.25, 0.3) is 0 Å². The first-order valence-corrected chi connectivity index (χ1v) is 7.96. The molecule has 104 valence electrons. The largest absolute Gasteiger partial charge is 0.341 e. The number of carbonyl (C=O) groups is 2. The third-order valence-electron chi connectivity index (χ3n) is 3.13. The molecule has 0 bridgehead atoms. The highest BCUT2D eigenvalue weighted by atomic mass is 32.2. The fourth-order valence-electron chi connectivity index (χ4n) is 2.17. The van der Waals surface area contributed by atoms with Crippen molar-refractivity contribution in [1.29, 1.82) is 0 Å². The van der Waals surface area contributed by atoms with E-state index in [4.69, 9.17) is 0 Å². The van der Waals surface area contributed by atoms with Gasteiger partial charge in [0.2, 0.25) is 11.8 Å². The van der Waals surface area contributed by atoms with E-state index in [1.54, 1.807) is 18.7 Å². The SMILES string of the molecule is CSCCCCCCN1CC(=O)NC(C)(C)C1=O. The number of carbonyl (C=O) groups excluding carboxylic acids is 2. The first-order valence-electron chi connectivity index (χ1n) is 6.56. The van der Waals surface area contributed by atoms with Crippen LogP contribution in [0.1, 0.15) is 39.5 Å². The number of nitrogens with zero attached hydrogens (tertiary/aromatic N) is 1. The van der Waals surface area contributed by atoms with Gasteiger partial charge in [-0.25, -0.2) is 0 Å². The monoisotopic (exact) mass is 272 g/mol.